The summed E-state index contributed by atoms with van der Waals surface area (Å²) in [7, 11) is 0. The number of nitrogens with two attached hydrogens (primary N) is 9. The van der Waals surface area contributed by atoms with Crippen molar-refractivity contribution < 1.29 is 14.4 Å². The zero-order chi connectivity index (χ0) is 40.5. The Morgan fingerprint density at radius 1 is 0.464 bits per heavy atom. The van der Waals surface area contributed by atoms with Gasteiger partial charge in [0.25, 0.3) is 0 Å². The quantitative estimate of drug-likeness (QED) is 0.0309. The lowest BCUT2D eigenvalue weighted by molar-refractivity contribution is -0.118. The number of anilines is 3. The van der Waals surface area contributed by atoms with Crippen molar-refractivity contribution >= 4 is 52.7 Å². The minimum atomic E-state index is -0.772. The van der Waals surface area contributed by atoms with Crippen LogP contribution in [0.4, 0.5) is 17.1 Å². The number of carbonyl (C=O) groups excluding carboxylic acids is 3. The van der Waals surface area contributed by atoms with E-state index in [1.54, 1.807) is 0 Å². The maximum absolute atomic E-state index is 13.1. The van der Waals surface area contributed by atoms with E-state index >= 15 is 0 Å². The monoisotopic (exact) mass is 767 g/mol. The van der Waals surface area contributed by atoms with E-state index in [0.29, 0.717) is 75.2 Å². The van der Waals surface area contributed by atoms with Gasteiger partial charge in [-0.25, -0.2) is 0 Å². The fraction of sp³-hybridized carbons (Fsp3) is 0.368. The van der Waals surface area contributed by atoms with Crippen molar-refractivity contribution in [1.29, 1.82) is 0 Å². The zero-order valence-electron chi connectivity index (χ0n) is 31.2. The first kappa shape index (κ1) is 40.9. The van der Waals surface area contributed by atoms with E-state index in [4.69, 9.17) is 51.6 Å². The molecule has 0 fully saturated rings. The average molecular weight is 768 g/mol. The van der Waals surface area contributed by atoms with Crippen molar-refractivity contribution in [1.82, 2.24) is 0 Å². The van der Waals surface area contributed by atoms with Crippen LogP contribution in [0.15, 0.2) is 69.6 Å². The van der Waals surface area contributed by atoms with Crippen LogP contribution in [0.5, 0.6) is 0 Å². The molecule has 0 heterocycles. The fourth-order valence-electron chi connectivity index (χ4n) is 7.16. The standard InChI is InChI=1S/C38H53N15O3/c39-28(4-1-13-48-36(42)43)33(54)51-19-7-10-22-25(16-19)32-26-17-20(52-34(55)29(40)5-2-14-49-37(44)45)8-11-23(26)31(22)24-12-9-21(18-27(24)32)53-35(56)30(41)6-3-15-50-38(46)47/h7-12,16-18,28-32H,1-6,13-15,39-41H2,(H,51,54)(H,52,55)(H,53,56)(H4,42,43,48)(H4,44,45,49)(H4,46,47,50)/t28-,29-,30+,31?,32?/m1/s1. The van der Waals surface area contributed by atoms with E-state index in [1.807, 2.05) is 54.6 Å². The molecule has 0 unspecified atom stereocenters. The van der Waals surface area contributed by atoms with Crippen LogP contribution in [0.25, 0.3) is 0 Å². The van der Waals surface area contributed by atoms with E-state index in [9.17, 15) is 14.4 Å². The Labute approximate surface area is 325 Å². The molecule has 0 aliphatic heterocycles. The molecule has 3 amide bonds. The summed E-state index contributed by atoms with van der Waals surface area (Å²) in [6.45, 7) is 1.10. The van der Waals surface area contributed by atoms with Crippen molar-refractivity contribution in [2.24, 2.45) is 66.6 Å². The van der Waals surface area contributed by atoms with E-state index in [0.717, 1.165) is 33.4 Å². The number of guanidine groups is 3. The second-order valence-corrected chi connectivity index (χ2v) is 14.0. The summed E-state index contributed by atoms with van der Waals surface area (Å²) in [6.07, 6.45) is 2.79. The van der Waals surface area contributed by atoms with Crippen LogP contribution in [0.3, 0.4) is 0 Å². The van der Waals surface area contributed by atoms with E-state index in [1.165, 1.54) is 0 Å². The van der Waals surface area contributed by atoms with Gasteiger partial charge in [-0.3, -0.25) is 29.4 Å². The summed E-state index contributed by atoms with van der Waals surface area (Å²) in [5.74, 6) is -1.54. The van der Waals surface area contributed by atoms with Gasteiger partial charge in [0.05, 0.1) is 18.1 Å². The Morgan fingerprint density at radius 2 is 0.732 bits per heavy atom. The normalized spacial score (nSPS) is 16.1. The third kappa shape index (κ3) is 10.1. The number of rotatable bonds is 18. The molecule has 18 heteroatoms. The van der Waals surface area contributed by atoms with Crippen LogP contribution in [0.2, 0.25) is 0 Å². The molecule has 0 aromatic heterocycles. The summed E-state index contributed by atoms with van der Waals surface area (Å²) >= 11 is 0. The van der Waals surface area contributed by atoms with Crippen molar-refractivity contribution in [3.8, 4) is 0 Å². The smallest absolute Gasteiger partial charge is 0.241 e. The second kappa shape index (κ2) is 18.4. The molecule has 18 nitrogen and oxygen atoms in total. The highest BCUT2D eigenvalue weighted by Gasteiger charge is 2.42. The van der Waals surface area contributed by atoms with Crippen LogP contribution in [-0.2, 0) is 14.4 Å². The SMILES string of the molecule is NC(N)=NCCC[C@@H](N)C(=O)Nc1ccc2c(c1)C1c3cc(NC(=O)[C@H](N)CCCN=C(N)N)ccc3C2c2ccc(NC(=O)[C@@H](N)CCCN=C(N)N)cc21. The lowest BCUT2D eigenvalue weighted by atomic mass is 9.61. The second-order valence-electron chi connectivity index (χ2n) is 14.0. The number of nitrogens with one attached hydrogen (secondary N) is 3. The van der Waals surface area contributed by atoms with Crippen LogP contribution in [-0.4, -0.2) is 73.4 Å². The van der Waals surface area contributed by atoms with Gasteiger partial charge in [0, 0.05) is 48.5 Å². The predicted molar refractivity (Wildman–Crippen MR) is 221 cm³/mol. The lowest BCUT2D eigenvalue weighted by Crippen LogP contribution is -2.36. The van der Waals surface area contributed by atoms with E-state index < -0.39 is 18.1 Å². The van der Waals surface area contributed by atoms with Gasteiger partial charge in [-0.15, -0.1) is 0 Å². The summed E-state index contributed by atoms with van der Waals surface area (Å²) < 4.78 is 0. The predicted octanol–water partition coefficient (Wildman–Crippen LogP) is -0.368. The number of amides is 3. The Kier molecular flexibility index (Phi) is 13.4. The first-order chi connectivity index (χ1) is 26.7. The molecule has 3 aliphatic rings. The van der Waals surface area contributed by atoms with Crippen molar-refractivity contribution in [3.05, 3.63) is 88.0 Å². The zero-order valence-corrected chi connectivity index (χ0v) is 31.2. The Morgan fingerprint density at radius 3 is 1.00 bits per heavy atom. The highest BCUT2D eigenvalue weighted by Crippen LogP contribution is 2.57. The summed E-state index contributed by atoms with van der Waals surface area (Å²) in [5, 5.41) is 8.90. The molecule has 0 spiro atoms. The number of carbonyl (C=O) groups is 3. The topological polar surface area (TPSA) is 359 Å². The van der Waals surface area contributed by atoms with Crippen molar-refractivity contribution in [2.75, 3.05) is 35.6 Å². The van der Waals surface area contributed by atoms with Gasteiger partial charge in [0.15, 0.2) is 17.9 Å². The molecule has 0 saturated heterocycles. The molecule has 6 rings (SSSR count). The molecule has 0 saturated carbocycles. The molecule has 298 valence electrons. The Bertz CT molecular complexity index is 1790. The molecule has 3 aromatic rings. The van der Waals surface area contributed by atoms with Crippen molar-refractivity contribution in [3.63, 3.8) is 0 Å². The minimum absolute atomic E-state index is 0.0161. The largest absolute Gasteiger partial charge is 0.370 e. The molecule has 0 radical (unpaired) electrons. The van der Waals surface area contributed by atoms with Crippen molar-refractivity contribution in [2.45, 2.75) is 68.5 Å². The third-order valence-electron chi connectivity index (χ3n) is 9.84. The minimum Gasteiger partial charge on any atom is -0.370 e. The Balaban J connectivity index is 1.42. The maximum Gasteiger partial charge on any atom is 0.241 e. The van der Waals surface area contributed by atoms with Gasteiger partial charge < -0.3 is 67.6 Å². The number of hydrogen-bond acceptors (Lipinski definition) is 9. The molecule has 2 bridgehead atoms. The van der Waals surface area contributed by atoms with Gasteiger partial charge in [0.2, 0.25) is 17.7 Å². The maximum atomic E-state index is 13.1. The summed E-state index contributed by atoms with van der Waals surface area (Å²) in [6, 6.07) is 15.2. The highest BCUT2D eigenvalue weighted by molar-refractivity contribution is 5.97. The highest BCUT2D eigenvalue weighted by atomic mass is 16.2. The number of benzene rings is 3. The van der Waals surface area contributed by atoms with E-state index in [-0.39, 0.29) is 47.4 Å². The van der Waals surface area contributed by atoms with E-state index in [2.05, 4.69) is 30.9 Å². The lowest BCUT2D eigenvalue weighted by Gasteiger charge is -2.42. The number of aliphatic imine (C=N–C) groups is 3. The summed E-state index contributed by atoms with van der Waals surface area (Å²) in [5.41, 5.74) is 58.9. The average Bonchev–Trinajstić information content (AvgIpc) is 3.15. The van der Waals surface area contributed by atoms with Gasteiger partial charge in [0.1, 0.15) is 0 Å². The molecule has 3 atom stereocenters. The number of nitrogens with zero attached hydrogens (tertiary/aromatic N) is 3. The molecule has 21 N–H and O–H groups in total. The Hall–Kier alpha value is -6.24. The van der Waals surface area contributed by atoms with Crippen LogP contribution >= 0.6 is 0 Å². The van der Waals surface area contributed by atoms with Crippen LogP contribution in [0, 0.1) is 0 Å². The fourth-order valence-corrected chi connectivity index (χ4v) is 7.16. The summed E-state index contributed by atoms with van der Waals surface area (Å²) in [4.78, 5) is 51.3. The first-order valence-electron chi connectivity index (χ1n) is 18.5. The van der Waals surface area contributed by atoms with Gasteiger partial charge >= 0.3 is 0 Å². The van der Waals surface area contributed by atoms with Gasteiger partial charge in [-0.1, -0.05) is 18.2 Å². The van der Waals surface area contributed by atoms with Gasteiger partial charge in [-0.05, 0) is 108 Å². The van der Waals surface area contributed by atoms with Crippen LogP contribution < -0.4 is 67.6 Å². The number of hydrogen-bond donors (Lipinski definition) is 12. The molecular formula is C38H53N15O3. The molecule has 56 heavy (non-hydrogen) atoms. The van der Waals surface area contributed by atoms with Gasteiger partial charge in [-0.2, -0.15) is 0 Å². The molecule has 3 aromatic carbocycles. The first-order valence-corrected chi connectivity index (χ1v) is 18.5. The molecular weight excluding hydrogens is 715 g/mol. The third-order valence-corrected chi connectivity index (χ3v) is 9.84. The molecule has 3 aliphatic carbocycles. The van der Waals surface area contributed by atoms with Crippen LogP contribution in [0.1, 0.15) is 83.7 Å².